The van der Waals surface area contributed by atoms with Gasteiger partial charge in [0.2, 0.25) is 0 Å². The lowest BCUT2D eigenvalue weighted by molar-refractivity contribution is 0.416. The van der Waals surface area contributed by atoms with Gasteiger partial charge in [0.15, 0.2) is 0 Å². The highest BCUT2D eigenvalue weighted by Gasteiger charge is 2.02. The molecule has 4 aromatic rings. The van der Waals surface area contributed by atoms with Gasteiger partial charge in [0.1, 0.15) is 5.75 Å². The van der Waals surface area contributed by atoms with E-state index in [1.165, 1.54) is 16.7 Å². The molecule has 0 aliphatic rings. The summed E-state index contributed by atoms with van der Waals surface area (Å²) in [6, 6.07) is 39.0. The summed E-state index contributed by atoms with van der Waals surface area (Å²) >= 11 is 0. The maximum atomic E-state index is 5.30. The van der Waals surface area contributed by atoms with Crippen LogP contribution in [0.1, 0.15) is 0 Å². The molecule has 128 valence electrons. The highest BCUT2D eigenvalue weighted by atomic mass is 16.5. The van der Waals surface area contributed by atoms with Crippen LogP contribution < -0.4 is 4.74 Å². The van der Waals surface area contributed by atoms with Crippen LogP contribution in [-0.2, 0) is 0 Å². The van der Waals surface area contributed by atoms with Gasteiger partial charge < -0.3 is 4.74 Å². The molecule has 0 saturated carbocycles. The number of ether oxygens (including phenoxy) is 1. The van der Waals surface area contributed by atoms with Crippen molar-refractivity contribution in [3.8, 4) is 28.0 Å². The molecule has 0 amide bonds. The van der Waals surface area contributed by atoms with E-state index in [4.69, 9.17) is 4.74 Å². The monoisotopic (exact) mass is 338 g/mol. The summed E-state index contributed by atoms with van der Waals surface area (Å²) in [4.78, 5) is 0. The summed E-state index contributed by atoms with van der Waals surface area (Å²) in [7, 11) is 1.70. The third-order valence-electron chi connectivity index (χ3n) is 4.07. The lowest BCUT2D eigenvalue weighted by Gasteiger charge is -2.07. The molecule has 0 radical (unpaired) electrons. The zero-order chi connectivity index (χ0) is 18.0. The molecule has 0 unspecified atom stereocenters. The van der Waals surface area contributed by atoms with Crippen molar-refractivity contribution in [1.29, 1.82) is 0 Å². The van der Waals surface area contributed by atoms with Gasteiger partial charge in [0.05, 0.1) is 7.11 Å². The predicted molar refractivity (Wildman–Crippen MR) is 110 cm³/mol. The van der Waals surface area contributed by atoms with E-state index in [0.717, 1.165) is 11.3 Å². The smallest absolute Gasteiger partial charge is 0.126 e. The number of hydrogen-bond donors (Lipinski definition) is 0. The van der Waals surface area contributed by atoms with Crippen LogP contribution in [0, 0.1) is 0 Å². The van der Waals surface area contributed by atoms with E-state index in [0.29, 0.717) is 0 Å². The first kappa shape index (κ1) is 17.5. The highest BCUT2D eigenvalue weighted by Crippen LogP contribution is 2.28. The van der Waals surface area contributed by atoms with Gasteiger partial charge in [-0.1, -0.05) is 109 Å². The Kier molecular flexibility index (Phi) is 6.22. The molecular weight excluding hydrogens is 316 g/mol. The maximum Gasteiger partial charge on any atom is 0.126 e. The van der Waals surface area contributed by atoms with Crippen molar-refractivity contribution >= 4 is 0 Å². The molecule has 0 N–H and O–H groups in total. The topological polar surface area (TPSA) is 9.23 Å². The second-order valence-electron chi connectivity index (χ2n) is 5.80. The third-order valence-corrected chi connectivity index (χ3v) is 4.07. The van der Waals surface area contributed by atoms with E-state index >= 15 is 0 Å². The molecular formula is C25H22O. The average molecular weight is 338 g/mol. The van der Waals surface area contributed by atoms with Gasteiger partial charge in [0, 0.05) is 5.56 Å². The molecule has 0 spiro atoms. The van der Waals surface area contributed by atoms with Crippen LogP contribution >= 0.6 is 0 Å². The van der Waals surface area contributed by atoms with Gasteiger partial charge in [-0.05, 0) is 22.8 Å². The van der Waals surface area contributed by atoms with Crippen LogP contribution in [0.4, 0.5) is 0 Å². The fraction of sp³-hybridized carbons (Fsp3) is 0.0400. The Bertz CT molecular complexity index is 863. The van der Waals surface area contributed by atoms with Crippen molar-refractivity contribution in [3.05, 3.63) is 115 Å². The third kappa shape index (κ3) is 4.61. The molecule has 0 atom stereocenters. The van der Waals surface area contributed by atoms with E-state index < -0.39 is 0 Å². The van der Waals surface area contributed by atoms with Crippen molar-refractivity contribution in [1.82, 2.24) is 0 Å². The van der Waals surface area contributed by atoms with Gasteiger partial charge in [-0.2, -0.15) is 0 Å². The number of para-hydroxylation sites is 1. The lowest BCUT2D eigenvalue weighted by Crippen LogP contribution is -1.86. The minimum Gasteiger partial charge on any atom is -0.496 e. The molecule has 0 aliphatic carbocycles. The normalized spacial score (nSPS) is 9.73. The summed E-state index contributed by atoms with van der Waals surface area (Å²) in [6.07, 6.45) is 0. The molecule has 0 aromatic heterocycles. The van der Waals surface area contributed by atoms with Gasteiger partial charge in [-0.25, -0.2) is 0 Å². The van der Waals surface area contributed by atoms with E-state index in [1.807, 2.05) is 48.5 Å². The lowest BCUT2D eigenvalue weighted by atomic mass is 10.1. The molecule has 1 heteroatoms. The summed E-state index contributed by atoms with van der Waals surface area (Å²) in [5.41, 5.74) is 4.87. The second-order valence-corrected chi connectivity index (χ2v) is 5.80. The van der Waals surface area contributed by atoms with Crippen LogP contribution in [0.25, 0.3) is 22.3 Å². The van der Waals surface area contributed by atoms with E-state index in [2.05, 4.69) is 66.7 Å². The number of methoxy groups -OCH3 is 1. The van der Waals surface area contributed by atoms with Crippen molar-refractivity contribution in [2.45, 2.75) is 0 Å². The number of rotatable bonds is 3. The minimum absolute atomic E-state index is 0.915. The zero-order valence-electron chi connectivity index (χ0n) is 14.9. The molecule has 1 nitrogen and oxygen atoms in total. The van der Waals surface area contributed by atoms with Crippen molar-refractivity contribution < 1.29 is 4.74 Å². The Morgan fingerprint density at radius 1 is 0.423 bits per heavy atom. The number of benzene rings is 4. The van der Waals surface area contributed by atoms with Gasteiger partial charge >= 0.3 is 0 Å². The summed E-state index contributed by atoms with van der Waals surface area (Å²) in [6.45, 7) is 0. The Morgan fingerprint density at radius 2 is 0.808 bits per heavy atom. The highest BCUT2D eigenvalue weighted by molar-refractivity contribution is 5.70. The largest absolute Gasteiger partial charge is 0.496 e. The Balaban J connectivity index is 0.000000152. The maximum absolute atomic E-state index is 5.30. The van der Waals surface area contributed by atoms with Crippen LogP contribution in [-0.4, -0.2) is 7.11 Å². The van der Waals surface area contributed by atoms with Crippen molar-refractivity contribution in [2.75, 3.05) is 7.11 Å². The summed E-state index contributed by atoms with van der Waals surface area (Å²) < 4.78 is 5.30. The fourth-order valence-electron chi connectivity index (χ4n) is 2.76. The van der Waals surface area contributed by atoms with E-state index in [9.17, 15) is 0 Å². The molecule has 0 heterocycles. The van der Waals surface area contributed by atoms with Crippen LogP contribution in [0.2, 0.25) is 0 Å². The zero-order valence-corrected chi connectivity index (χ0v) is 14.9. The molecule has 0 saturated heterocycles. The Labute approximate surface area is 155 Å². The molecule has 0 aliphatic heterocycles. The standard InChI is InChI=1S/C13H12O.C12H10/c1-14-13-10-6-5-9-12(13)11-7-3-2-4-8-11;1-3-7-11(8-4-1)12-9-5-2-6-10-12/h2-10H,1H3;1-10H. The van der Waals surface area contributed by atoms with Gasteiger partial charge in [-0.3, -0.25) is 0 Å². The van der Waals surface area contributed by atoms with Crippen LogP contribution in [0.3, 0.4) is 0 Å². The van der Waals surface area contributed by atoms with Crippen LogP contribution in [0.5, 0.6) is 5.75 Å². The van der Waals surface area contributed by atoms with Gasteiger partial charge in [-0.15, -0.1) is 0 Å². The minimum atomic E-state index is 0.915. The predicted octanol–water partition coefficient (Wildman–Crippen LogP) is 6.72. The molecule has 0 fully saturated rings. The Hall–Kier alpha value is -3.32. The quantitative estimate of drug-likeness (QED) is 0.403. The summed E-state index contributed by atoms with van der Waals surface area (Å²) in [5.74, 6) is 0.915. The average Bonchev–Trinajstić information content (AvgIpc) is 2.76. The fourth-order valence-corrected chi connectivity index (χ4v) is 2.76. The van der Waals surface area contributed by atoms with E-state index in [-0.39, 0.29) is 0 Å². The first-order chi connectivity index (χ1) is 12.9. The summed E-state index contributed by atoms with van der Waals surface area (Å²) in [5, 5.41) is 0. The van der Waals surface area contributed by atoms with E-state index in [1.54, 1.807) is 7.11 Å². The second kappa shape index (κ2) is 9.24. The van der Waals surface area contributed by atoms with Crippen LogP contribution in [0.15, 0.2) is 115 Å². The molecule has 0 bridgehead atoms. The van der Waals surface area contributed by atoms with Gasteiger partial charge in [0.25, 0.3) is 0 Å². The Morgan fingerprint density at radius 3 is 1.27 bits per heavy atom. The first-order valence-electron chi connectivity index (χ1n) is 8.67. The molecule has 4 aromatic carbocycles. The number of hydrogen-bond acceptors (Lipinski definition) is 1. The van der Waals surface area contributed by atoms with Crippen molar-refractivity contribution in [3.63, 3.8) is 0 Å². The molecule has 4 rings (SSSR count). The first-order valence-corrected chi connectivity index (χ1v) is 8.67. The molecule has 26 heavy (non-hydrogen) atoms. The van der Waals surface area contributed by atoms with Crippen molar-refractivity contribution in [2.24, 2.45) is 0 Å². The SMILES string of the molecule is COc1ccccc1-c1ccccc1.c1ccc(-c2ccccc2)cc1.